The standard InChI is InChI=1S/C54H56F2NO12P/c1-35-49(57-52(59)65-33-47(37-14-22-42(55)23-15-37)38-16-24-43(56)25-17-38)50(48(67-35)34-64-51(58)53(2,3)4)69-70(60,61)68-46-26-12-36(13-27-46)32-66-54(39-10-8-7-9-11-39,40-18-28-44(62-5)29-19-40)41-20-30-45(63-6)31-21-41/h7-31,35,47-50H,32-34H2,1-6H3,(H,57,59)(H,60,61)/t35-,48+,49?,50?/m0/s1. The minimum absolute atomic E-state index is 0.0200. The van der Waals surface area contributed by atoms with Gasteiger partial charge >= 0.3 is 19.9 Å². The zero-order valence-electron chi connectivity index (χ0n) is 39.6. The number of carbonyl (C=O) groups is 2. The Morgan fingerprint density at radius 2 is 1.20 bits per heavy atom. The van der Waals surface area contributed by atoms with Crippen LogP contribution >= 0.6 is 7.82 Å². The number of halogens is 2. The summed E-state index contributed by atoms with van der Waals surface area (Å²) in [6.07, 6.45) is -4.33. The van der Waals surface area contributed by atoms with E-state index in [2.05, 4.69) is 5.32 Å². The molecule has 0 saturated carbocycles. The van der Waals surface area contributed by atoms with Crippen LogP contribution in [-0.4, -0.2) is 68.7 Å². The first-order chi connectivity index (χ1) is 33.5. The van der Waals surface area contributed by atoms with Gasteiger partial charge in [-0.3, -0.25) is 14.2 Å². The molecule has 7 rings (SSSR count). The van der Waals surface area contributed by atoms with Crippen LogP contribution in [-0.2, 0) is 45.0 Å². The van der Waals surface area contributed by atoms with Crippen molar-refractivity contribution in [2.24, 2.45) is 5.41 Å². The van der Waals surface area contributed by atoms with E-state index in [1.165, 1.54) is 60.7 Å². The third-order valence-electron chi connectivity index (χ3n) is 11.8. The Bertz CT molecular complexity index is 2610. The highest BCUT2D eigenvalue weighted by molar-refractivity contribution is 7.47. The number of alkyl carbamates (subject to hydrolysis) is 1. The number of amides is 1. The lowest BCUT2D eigenvalue weighted by molar-refractivity contribution is -0.158. The minimum atomic E-state index is -5.02. The summed E-state index contributed by atoms with van der Waals surface area (Å²) in [5.74, 6) is -0.766. The molecule has 6 aromatic carbocycles. The van der Waals surface area contributed by atoms with Gasteiger partial charge in [0.05, 0.1) is 38.4 Å². The number of methoxy groups -OCH3 is 2. The number of hydrogen-bond acceptors (Lipinski definition) is 11. The van der Waals surface area contributed by atoms with Crippen LogP contribution in [0.1, 0.15) is 67.0 Å². The van der Waals surface area contributed by atoms with Gasteiger partial charge in [0.25, 0.3) is 0 Å². The molecule has 1 heterocycles. The van der Waals surface area contributed by atoms with E-state index >= 15 is 0 Å². The maximum atomic E-state index is 13.9. The Hall–Kier alpha value is -6.61. The zero-order valence-corrected chi connectivity index (χ0v) is 40.5. The predicted octanol–water partition coefficient (Wildman–Crippen LogP) is 10.7. The number of ether oxygens (including phenoxy) is 6. The summed E-state index contributed by atoms with van der Waals surface area (Å²) in [6, 6.07) is 41.5. The van der Waals surface area contributed by atoms with E-state index in [1.54, 1.807) is 54.0 Å². The largest absolute Gasteiger partial charge is 0.527 e. The van der Waals surface area contributed by atoms with Crippen LogP contribution in [0, 0.1) is 17.0 Å². The van der Waals surface area contributed by atoms with Crippen molar-refractivity contribution in [1.29, 1.82) is 0 Å². The van der Waals surface area contributed by atoms with Crippen LogP contribution in [0.3, 0.4) is 0 Å². The average molecular weight is 980 g/mol. The van der Waals surface area contributed by atoms with Gasteiger partial charge in [-0.1, -0.05) is 91.0 Å². The number of carbonyl (C=O) groups excluding carboxylic acids is 2. The van der Waals surface area contributed by atoms with Gasteiger partial charge in [0.15, 0.2) is 0 Å². The molecule has 13 nitrogen and oxygen atoms in total. The molecule has 1 amide bonds. The summed E-state index contributed by atoms with van der Waals surface area (Å²) in [5.41, 5.74) is 2.44. The van der Waals surface area contributed by atoms with Crippen molar-refractivity contribution < 1.29 is 65.3 Å². The summed E-state index contributed by atoms with van der Waals surface area (Å²) >= 11 is 0. The second-order valence-electron chi connectivity index (χ2n) is 17.7. The van der Waals surface area contributed by atoms with E-state index in [-0.39, 0.29) is 25.6 Å². The number of hydrogen-bond donors (Lipinski definition) is 2. The van der Waals surface area contributed by atoms with Crippen molar-refractivity contribution in [2.45, 2.75) is 70.2 Å². The fourth-order valence-electron chi connectivity index (χ4n) is 8.11. The molecule has 1 fully saturated rings. The van der Waals surface area contributed by atoms with Crippen molar-refractivity contribution in [3.63, 3.8) is 0 Å². The topological polar surface area (TPSA) is 157 Å². The lowest BCUT2D eigenvalue weighted by Gasteiger charge is -2.36. The molecule has 6 aromatic rings. The molecule has 368 valence electrons. The van der Waals surface area contributed by atoms with Gasteiger partial charge < -0.3 is 38.3 Å². The molecule has 16 heteroatoms. The highest BCUT2D eigenvalue weighted by atomic mass is 31.2. The number of rotatable bonds is 19. The van der Waals surface area contributed by atoms with Gasteiger partial charge in [-0.2, -0.15) is 0 Å². The number of nitrogens with one attached hydrogen (secondary N) is 1. The van der Waals surface area contributed by atoms with Crippen LogP contribution in [0.2, 0.25) is 0 Å². The molecule has 0 radical (unpaired) electrons. The molecule has 1 saturated heterocycles. The van der Waals surface area contributed by atoms with Crippen molar-refractivity contribution in [1.82, 2.24) is 5.32 Å². The van der Waals surface area contributed by atoms with Gasteiger partial charge in [-0.05, 0) is 122 Å². The van der Waals surface area contributed by atoms with E-state index in [1.807, 2.05) is 78.9 Å². The molecule has 70 heavy (non-hydrogen) atoms. The fourth-order valence-corrected chi connectivity index (χ4v) is 9.12. The molecule has 1 aliphatic rings. The van der Waals surface area contributed by atoms with Crippen molar-refractivity contribution in [2.75, 3.05) is 27.4 Å². The maximum Gasteiger partial charge on any atom is 0.527 e. The number of phosphoric acid groups is 1. The van der Waals surface area contributed by atoms with E-state index in [0.29, 0.717) is 28.2 Å². The first kappa shape index (κ1) is 51.2. The number of phosphoric ester groups is 1. The smallest absolute Gasteiger partial charge is 0.497 e. The van der Waals surface area contributed by atoms with Gasteiger partial charge in [0, 0.05) is 5.92 Å². The molecule has 0 aliphatic carbocycles. The monoisotopic (exact) mass is 979 g/mol. The Labute approximate surface area is 406 Å². The van der Waals surface area contributed by atoms with Crippen molar-refractivity contribution >= 4 is 19.9 Å². The van der Waals surface area contributed by atoms with Crippen LogP contribution in [0.5, 0.6) is 17.2 Å². The SMILES string of the molecule is COc1ccc(C(OCc2ccc(OP(=O)(O)OC3C(NC(=O)OCC(c4ccc(F)cc4)c4ccc(F)cc4)[C@H](C)O[C@@H]3COC(=O)C(C)(C)C)cc2)(c2ccccc2)c2ccc(OC)cc2)cc1. The first-order valence-electron chi connectivity index (χ1n) is 22.5. The van der Waals surface area contributed by atoms with E-state index < -0.39 is 72.8 Å². The van der Waals surface area contributed by atoms with Crippen molar-refractivity contribution in [3.8, 4) is 17.2 Å². The molecule has 5 atom stereocenters. The quantitative estimate of drug-likeness (QED) is 0.0450. The van der Waals surface area contributed by atoms with Crippen LogP contribution in [0.15, 0.2) is 152 Å². The van der Waals surface area contributed by atoms with Crippen LogP contribution in [0.25, 0.3) is 0 Å². The summed E-state index contributed by atoms with van der Waals surface area (Å²) in [4.78, 5) is 37.6. The predicted molar refractivity (Wildman–Crippen MR) is 257 cm³/mol. The number of esters is 1. The lowest BCUT2D eigenvalue weighted by Crippen LogP contribution is -2.49. The average Bonchev–Trinajstić information content (AvgIpc) is 3.63. The van der Waals surface area contributed by atoms with Crippen LogP contribution in [0.4, 0.5) is 13.6 Å². The van der Waals surface area contributed by atoms with E-state index in [0.717, 1.165) is 16.7 Å². The van der Waals surface area contributed by atoms with Crippen LogP contribution < -0.4 is 19.3 Å². The molecule has 0 aromatic heterocycles. The second-order valence-corrected chi connectivity index (χ2v) is 19.0. The van der Waals surface area contributed by atoms with Gasteiger partial charge in [-0.15, -0.1) is 0 Å². The zero-order chi connectivity index (χ0) is 50.1. The van der Waals surface area contributed by atoms with Gasteiger partial charge in [-0.25, -0.2) is 18.1 Å². The van der Waals surface area contributed by atoms with E-state index in [4.69, 9.17) is 37.5 Å². The Kier molecular flexibility index (Phi) is 16.4. The maximum absolute atomic E-state index is 13.9. The highest BCUT2D eigenvalue weighted by Gasteiger charge is 2.49. The third kappa shape index (κ3) is 12.6. The Morgan fingerprint density at radius 3 is 1.70 bits per heavy atom. The molecule has 2 N–H and O–H groups in total. The molecule has 0 spiro atoms. The van der Waals surface area contributed by atoms with E-state index in [9.17, 15) is 27.8 Å². The molecule has 0 bridgehead atoms. The summed E-state index contributed by atoms with van der Waals surface area (Å²) in [7, 11) is -1.82. The summed E-state index contributed by atoms with van der Waals surface area (Å²) in [5, 5.41) is 2.68. The first-order valence-corrected chi connectivity index (χ1v) is 24.0. The summed E-state index contributed by atoms with van der Waals surface area (Å²) < 4.78 is 88.2. The molecular formula is C54H56F2NO12P. The van der Waals surface area contributed by atoms with Gasteiger partial charge in [0.1, 0.15) is 59.9 Å². The second kappa shape index (κ2) is 22.4. The van der Waals surface area contributed by atoms with Gasteiger partial charge in [0.2, 0.25) is 0 Å². The normalized spacial score (nSPS) is 17.9. The lowest BCUT2D eigenvalue weighted by atomic mass is 9.80. The molecule has 1 aliphatic heterocycles. The third-order valence-corrected chi connectivity index (χ3v) is 12.8. The minimum Gasteiger partial charge on any atom is -0.497 e. The molecular weight excluding hydrogens is 924 g/mol. The van der Waals surface area contributed by atoms with Crippen molar-refractivity contribution in [3.05, 3.63) is 197 Å². The number of benzene rings is 6. The highest BCUT2D eigenvalue weighted by Crippen LogP contribution is 2.48. The molecule has 3 unspecified atom stereocenters. The fraction of sp³-hybridized carbons (Fsp3) is 0.296. The summed E-state index contributed by atoms with van der Waals surface area (Å²) in [6.45, 7) is 6.06. The Morgan fingerprint density at radius 1 is 0.700 bits per heavy atom. The Balaban J connectivity index is 1.08.